The SMILES string of the molecule is C=CCn1c(SCC(=O)N2CCN(c3ccc([N+](=O)[O-])cc3)CC2)nnc1C1CC1. The normalized spacial score (nSPS) is 16.5. The maximum atomic E-state index is 12.7. The van der Waals surface area contributed by atoms with Gasteiger partial charge in [-0.05, 0) is 25.0 Å². The zero-order chi connectivity index (χ0) is 21.1. The minimum absolute atomic E-state index is 0.0822. The van der Waals surface area contributed by atoms with Gasteiger partial charge in [0.25, 0.3) is 5.69 Å². The standard InChI is InChI=1S/C20H24N6O3S/c1-2-9-25-19(15-3-4-15)21-22-20(25)30-14-18(27)24-12-10-23(11-13-24)16-5-7-17(8-6-16)26(28)29/h2,5-8,15H,1,3-4,9-14H2. The summed E-state index contributed by atoms with van der Waals surface area (Å²) in [6.45, 7) is 7.13. The molecule has 2 fully saturated rings. The number of nitro groups is 1. The number of hydrogen-bond acceptors (Lipinski definition) is 7. The molecule has 0 atom stereocenters. The molecular weight excluding hydrogens is 404 g/mol. The molecule has 0 spiro atoms. The second-order valence-corrected chi connectivity index (χ2v) is 8.39. The summed E-state index contributed by atoms with van der Waals surface area (Å²) in [5.74, 6) is 1.92. The summed E-state index contributed by atoms with van der Waals surface area (Å²) in [4.78, 5) is 27.1. The molecule has 2 aromatic rings. The lowest BCUT2D eigenvalue weighted by atomic mass is 10.2. The average Bonchev–Trinajstić information content (AvgIpc) is 3.54. The number of carbonyl (C=O) groups excluding carboxylic acids is 1. The van der Waals surface area contributed by atoms with Gasteiger partial charge in [0.2, 0.25) is 5.91 Å². The predicted molar refractivity (Wildman–Crippen MR) is 115 cm³/mol. The van der Waals surface area contributed by atoms with Gasteiger partial charge < -0.3 is 14.4 Å². The number of anilines is 1. The summed E-state index contributed by atoms with van der Waals surface area (Å²) in [6.07, 6.45) is 4.13. The molecule has 1 amide bonds. The second kappa shape index (κ2) is 8.86. The van der Waals surface area contributed by atoms with Crippen molar-refractivity contribution in [3.63, 3.8) is 0 Å². The van der Waals surface area contributed by atoms with Crippen LogP contribution in [0.3, 0.4) is 0 Å². The van der Waals surface area contributed by atoms with E-state index >= 15 is 0 Å². The van der Waals surface area contributed by atoms with E-state index < -0.39 is 4.92 Å². The van der Waals surface area contributed by atoms with E-state index in [1.807, 2.05) is 11.0 Å². The van der Waals surface area contributed by atoms with Gasteiger partial charge in [-0.25, -0.2) is 0 Å². The van der Waals surface area contributed by atoms with Crippen LogP contribution in [0.1, 0.15) is 24.6 Å². The smallest absolute Gasteiger partial charge is 0.269 e. The molecule has 10 heteroatoms. The van der Waals surface area contributed by atoms with Crippen molar-refractivity contribution in [2.24, 2.45) is 0 Å². The van der Waals surface area contributed by atoms with E-state index in [-0.39, 0.29) is 11.6 Å². The Kier molecular flexibility index (Phi) is 6.03. The summed E-state index contributed by atoms with van der Waals surface area (Å²) in [5, 5.41) is 20.2. The third-order valence-electron chi connectivity index (χ3n) is 5.38. The lowest BCUT2D eigenvalue weighted by molar-refractivity contribution is -0.384. The van der Waals surface area contributed by atoms with Crippen molar-refractivity contribution in [3.05, 3.63) is 52.9 Å². The first-order valence-corrected chi connectivity index (χ1v) is 11.0. The van der Waals surface area contributed by atoms with Gasteiger partial charge in [0.1, 0.15) is 5.82 Å². The van der Waals surface area contributed by atoms with Crippen LogP contribution in [0.2, 0.25) is 0 Å². The molecule has 30 heavy (non-hydrogen) atoms. The highest BCUT2D eigenvalue weighted by Gasteiger charge is 2.30. The number of thioether (sulfide) groups is 1. The zero-order valence-electron chi connectivity index (χ0n) is 16.6. The minimum Gasteiger partial charge on any atom is -0.368 e. The fourth-order valence-electron chi connectivity index (χ4n) is 3.57. The first-order chi connectivity index (χ1) is 14.6. The van der Waals surface area contributed by atoms with Crippen LogP contribution in [0.4, 0.5) is 11.4 Å². The summed E-state index contributed by atoms with van der Waals surface area (Å²) >= 11 is 1.43. The summed E-state index contributed by atoms with van der Waals surface area (Å²) in [6, 6.07) is 6.54. The molecule has 2 heterocycles. The van der Waals surface area contributed by atoms with Gasteiger partial charge in [-0.2, -0.15) is 0 Å². The molecule has 0 bridgehead atoms. The van der Waals surface area contributed by atoms with Crippen molar-refractivity contribution in [1.29, 1.82) is 0 Å². The fourth-order valence-corrected chi connectivity index (χ4v) is 4.43. The third-order valence-corrected chi connectivity index (χ3v) is 6.33. The van der Waals surface area contributed by atoms with Gasteiger partial charge in [-0.15, -0.1) is 16.8 Å². The number of aromatic nitrogens is 3. The van der Waals surface area contributed by atoms with Crippen molar-refractivity contribution in [2.45, 2.75) is 30.5 Å². The average molecular weight is 429 g/mol. The number of benzene rings is 1. The first-order valence-electron chi connectivity index (χ1n) is 10.0. The molecule has 0 N–H and O–H groups in total. The molecular formula is C20H24N6O3S. The van der Waals surface area contributed by atoms with E-state index in [4.69, 9.17) is 0 Å². The first kappa shape index (κ1) is 20.4. The lowest BCUT2D eigenvalue weighted by Gasteiger charge is -2.36. The van der Waals surface area contributed by atoms with Gasteiger partial charge in [0.15, 0.2) is 5.16 Å². The Balaban J connectivity index is 1.29. The van der Waals surface area contributed by atoms with E-state index in [1.54, 1.807) is 12.1 Å². The Morgan fingerprint density at radius 2 is 1.90 bits per heavy atom. The van der Waals surface area contributed by atoms with Gasteiger partial charge in [0.05, 0.1) is 10.7 Å². The van der Waals surface area contributed by atoms with Crippen LogP contribution < -0.4 is 4.90 Å². The third kappa shape index (κ3) is 4.48. The van der Waals surface area contributed by atoms with Crippen molar-refractivity contribution in [1.82, 2.24) is 19.7 Å². The van der Waals surface area contributed by atoms with Gasteiger partial charge in [-0.1, -0.05) is 17.8 Å². The molecule has 1 saturated heterocycles. The molecule has 0 unspecified atom stereocenters. The van der Waals surface area contributed by atoms with E-state index in [0.29, 0.717) is 44.4 Å². The highest BCUT2D eigenvalue weighted by Crippen LogP contribution is 2.40. The quantitative estimate of drug-likeness (QED) is 0.276. The van der Waals surface area contributed by atoms with Gasteiger partial charge in [0, 0.05) is 56.5 Å². The van der Waals surface area contributed by atoms with Crippen LogP contribution in [0.25, 0.3) is 0 Å². The van der Waals surface area contributed by atoms with Crippen molar-refractivity contribution >= 4 is 29.0 Å². The second-order valence-electron chi connectivity index (χ2n) is 7.44. The maximum Gasteiger partial charge on any atom is 0.269 e. The van der Waals surface area contributed by atoms with Crippen LogP contribution >= 0.6 is 11.8 Å². The Labute approximate surface area is 178 Å². The number of nitrogens with zero attached hydrogens (tertiary/aromatic N) is 6. The van der Waals surface area contributed by atoms with E-state index in [1.165, 1.54) is 23.9 Å². The number of piperazine rings is 1. The molecule has 9 nitrogen and oxygen atoms in total. The Hall–Kier alpha value is -2.88. The van der Waals surface area contributed by atoms with E-state index in [0.717, 1.165) is 29.5 Å². The topological polar surface area (TPSA) is 97.4 Å². The van der Waals surface area contributed by atoms with Crippen LogP contribution in [-0.2, 0) is 11.3 Å². The van der Waals surface area contributed by atoms with E-state index in [2.05, 4.69) is 26.2 Å². The van der Waals surface area contributed by atoms with Crippen molar-refractivity contribution in [3.8, 4) is 0 Å². The van der Waals surface area contributed by atoms with Crippen LogP contribution in [-0.4, -0.2) is 62.4 Å². The minimum atomic E-state index is -0.401. The Bertz CT molecular complexity index is 933. The van der Waals surface area contributed by atoms with Crippen LogP contribution in [0.5, 0.6) is 0 Å². The van der Waals surface area contributed by atoms with Gasteiger partial charge >= 0.3 is 0 Å². The number of carbonyl (C=O) groups is 1. The number of nitro benzene ring substituents is 1. The van der Waals surface area contributed by atoms with Gasteiger partial charge in [-0.3, -0.25) is 14.9 Å². The number of amides is 1. The van der Waals surface area contributed by atoms with Crippen molar-refractivity contribution in [2.75, 3.05) is 36.8 Å². The Morgan fingerprint density at radius 3 is 2.50 bits per heavy atom. The number of allylic oxidation sites excluding steroid dienone is 1. The zero-order valence-corrected chi connectivity index (χ0v) is 17.5. The highest BCUT2D eigenvalue weighted by atomic mass is 32.2. The largest absolute Gasteiger partial charge is 0.368 e. The van der Waals surface area contributed by atoms with Crippen molar-refractivity contribution < 1.29 is 9.72 Å². The highest BCUT2D eigenvalue weighted by molar-refractivity contribution is 7.99. The van der Waals surface area contributed by atoms with E-state index in [9.17, 15) is 14.9 Å². The molecule has 1 aromatic carbocycles. The van der Waals surface area contributed by atoms with Crippen LogP contribution in [0.15, 0.2) is 42.1 Å². The number of non-ortho nitro benzene ring substituents is 1. The predicted octanol–water partition coefficient (Wildman–Crippen LogP) is 2.69. The maximum absolute atomic E-state index is 12.7. The molecule has 1 aliphatic heterocycles. The van der Waals surface area contributed by atoms with Crippen LogP contribution in [0, 0.1) is 10.1 Å². The fraction of sp³-hybridized carbons (Fsp3) is 0.450. The number of hydrogen-bond donors (Lipinski definition) is 0. The molecule has 1 aliphatic carbocycles. The number of rotatable bonds is 8. The molecule has 158 valence electrons. The molecule has 0 radical (unpaired) electrons. The Morgan fingerprint density at radius 1 is 1.20 bits per heavy atom. The summed E-state index contributed by atoms with van der Waals surface area (Å²) in [7, 11) is 0. The lowest BCUT2D eigenvalue weighted by Crippen LogP contribution is -2.49. The molecule has 1 saturated carbocycles. The molecule has 1 aromatic heterocycles. The summed E-state index contributed by atoms with van der Waals surface area (Å²) in [5.41, 5.74) is 1.02. The summed E-state index contributed by atoms with van der Waals surface area (Å²) < 4.78 is 2.06. The monoisotopic (exact) mass is 428 g/mol. The molecule has 4 rings (SSSR count). The molecule has 2 aliphatic rings.